The molecule has 0 radical (unpaired) electrons. The number of rotatable bonds is 10. The first-order valence-electron chi connectivity index (χ1n) is 8.81. The molecule has 0 aliphatic heterocycles. The summed E-state index contributed by atoms with van der Waals surface area (Å²) in [5.74, 6) is -0.202. The van der Waals surface area contributed by atoms with Gasteiger partial charge in [0.2, 0.25) is 0 Å². The minimum absolute atomic E-state index is 0.205. The van der Waals surface area contributed by atoms with Gasteiger partial charge in [0.05, 0.1) is 5.92 Å². The average molecular weight is 315 g/mol. The summed E-state index contributed by atoms with van der Waals surface area (Å²) in [5.41, 5.74) is 0. The second kappa shape index (κ2) is 9.62. The lowest BCUT2D eigenvalue weighted by Gasteiger charge is -2.26. The number of carbonyl (C=O) groups is 1. The number of aliphatic carboxylic acids is 1. The van der Waals surface area contributed by atoms with Gasteiger partial charge >= 0.3 is 5.97 Å². The largest absolute Gasteiger partial charge is 0.481 e. The first-order valence-corrected chi connectivity index (χ1v) is 11.9. The Morgan fingerprint density at radius 1 is 1.29 bits per heavy atom. The highest BCUT2D eigenvalue weighted by Crippen LogP contribution is 2.30. The number of hydrogen-bond donors (Lipinski definition) is 1. The van der Waals surface area contributed by atoms with Gasteiger partial charge in [-0.15, -0.1) is 0 Å². The Bertz CT molecular complexity index is 298. The molecule has 1 rings (SSSR count). The third-order valence-electron chi connectivity index (χ3n) is 4.78. The van der Waals surface area contributed by atoms with E-state index in [0.29, 0.717) is 18.9 Å². The van der Waals surface area contributed by atoms with Gasteiger partial charge in [-0.1, -0.05) is 51.9 Å². The Balaban J connectivity index is 2.31. The van der Waals surface area contributed by atoms with Crippen LogP contribution in [0.1, 0.15) is 64.7 Å². The lowest BCUT2D eigenvalue weighted by Crippen LogP contribution is -2.32. The van der Waals surface area contributed by atoms with Gasteiger partial charge in [-0.25, -0.2) is 0 Å². The normalized spacial score (nSPS) is 18.6. The van der Waals surface area contributed by atoms with Crippen molar-refractivity contribution in [3.05, 3.63) is 0 Å². The van der Waals surface area contributed by atoms with Crippen molar-refractivity contribution >= 4 is 14.3 Å². The monoisotopic (exact) mass is 314 g/mol. The molecule has 1 aliphatic rings. The summed E-state index contributed by atoms with van der Waals surface area (Å²) < 4.78 is 6.08. The first-order chi connectivity index (χ1) is 9.94. The number of carboxylic acid groups (broad SMARTS) is 1. The molecule has 1 fully saturated rings. The summed E-state index contributed by atoms with van der Waals surface area (Å²) in [5, 5.41) is 9.43. The Morgan fingerprint density at radius 3 is 2.52 bits per heavy atom. The summed E-state index contributed by atoms with van der Waals surface area (Å²) >= 11 is 0. The number of hydrogen-bond acceptors (Lipinski definition) is 2. The molecule has 0 amide bonds. The van der Waals surface area contributed by atoms with Crippen molar-refractivity contribution in [2.24, 2.45) is 11.8 Å². The van der Waals surface area contributed by atoms with Crippen molar-refractivity contribution < 1.29 is 14.3 Å². The van der Waals surface area contributed by atoms with Crippen molar-refractivity contribution in [3.63, 3.8) is 0 Å². The molecular formula is C17H34O3Si. The van der Waals surface area contributed by atoms with E-state index in [1.54, 1.807) is 0 Å². The van der Waals surface area contributed by atoms with Crippen LogP contribution in [0.4, 0.5) is 0 Å². The van der Waals surface area contributed by atoms with Gasteiger partial charge in [0.1, 0.15) is 0 Å². The van der Waals surface area contributed by atoms with Crippen molar-refractivity contribution in [1.82, 2.24) is 0 Å². The van der Waals surface area contributed by atoms with Crippen LogP contribution in [0.3, 0.4) is 0 Å². The topological polar surface area (TPSA) is 46.5 Å². The lowest BCUT2D eigenvalue weighted by molar-refractivity contribution is -0.143. The molecule has 1 atom stereocenters. The van der Waals surface area contributed by atoms with E-state index in [9.17, 15) is 9.90 Å². The molecule has 1 aliphatic carbocycles. The van der Waals surface area contributed by atoms with Crippen LogP contribution in [0.15, 0.2) is 0 Å². The molecule has 0 bridgehead atoms. The maximum Gasteiger partial charge on any atom is 0.306 e. The van der Waals surface area contributed by atoms with E-state index >= 15 is 0 Å². The second-order valence-corrected chi connectivity index (χ2v) is 11.6. The SMILES string of the molecule is CCCC[Si](C)(C)OCCC(CC1CCCCC1)C(=O)O. The Hall–Kier alpha value is -0.353. The molecule has 1 saturated carbocycles. The highest BCUT2D eigenvalue weighted by molar-refractivity contribution is 6.71. The van der Waals surface area contributed by atoms with Gasteiger partial charge < -0.3 is 9.53 Å². The molecule has 0 spiro atoms. The number of unbranched alkanes of at least 4 members (excludes halogenated alkanes) is 1. The van der Waals surface area contributed by atoms with Gasteiger partial charge in [0.15, 0.2) is 8.32 Å². The van der Waals surface area contributed by atoms with Crippen molar-refractivity contribution in [2.75, 3.05) is 6.61 Å². The molecule has 0 saturated heterocycles. The van der Waals surface area contributed by atoms with E-state index in [-0.39, 0.29) is 5.92 Å². The predicted octanol–water partition coefficient (Wildman–Crippen LogP) is 5.07. The van der Waals surface area contributed by atoms with E-state index in [4.69, 9.17) is 4.43 Å². The quantitative estimate of drug-likeness (QED) is 0.573. The van der Waals surface area contributed by atoms with Crippen LogP contribution < -0.4 is 0 Å². The van der Waals surface area contributed by atoms with E-state index in [1.165, 1.54) is 51.0 Å². The Morgan fingerprint density at radius 2 is 1.95 bits per heavy atom. The van der Waals surface area contributed by atoms with Crippen LogP contribution in [0.2, 0.25) is 19.1 Å². The third-order valence-corrected chi connectivity index (χ3v) is 7.33. The van der Waals surface area contributed by atoms with Crippen LogP contribution in [0.25, 0.3) is 0 Å². The minimum Gasteiger partial charge on any atom is -0.481 e. The van der Waals surface area contributed by atoms with Crippen LogP contribution in [0, 0.1) is 11.8 Å². The van der Waals surface area contributed by atoms with E-state index in [1.807, 2.05) is 0 Å². The maximum atomic E-state index is 11.5. The van der Waals surface area contributed by atoms with Gasteiger partial charge in [0.25, 0.3) is 0 Å². The molecular weight excluding hydrogens is 280 g/mol. The molecule has 124 valence electrons. The zero-order valence-corrected chi connectivity index (χ0v) is 15.2. The molecule has 3 nitrogen and oxygen atoms in total. The Labute approximate surface area is 131 Å². The zero-order valence-electron chi connectivity index (χ0n) is 14.2. The fourth-order valence-electron chi connectivity index (χ4n) is 3.32. The standard InChI is InChI=1S/C17H34O3Si/c1-4-5-13-21(2,3)20-12-11-16(17(18)19)14-15-9-7-6-8-10-15/h15-16H,4-14H2,1-3H3,(H,18,19). The molecule has 0 heterocycles. The second-order valence-electron chi connectivity index (χ2n) is 7.28. The molecule has 21 heavy (non-hydrogen) atoms. The fourth-order valence-corrected chi connectivity index (χ4v) is 5.34. The summed E-state index contributed by atoms with van der Waals surface area (Å²) in [7, 11) is -1.57. The first kappa shape index (κ1) is 18.7. The molecule has 0 aromatic heterocycles. The van der Waals surface area contributed by atoms with Crippen LogP contribution >= 0.6 is 0 Å². The number of carboxylic acids is 1. The summed E-state index contributed by atoms with van der Waals surface area (Å²) in [6.45, 7) is 7.33. The van der Waals surface area contributed by atoms with Gasteiger partial charge in [-0.3, -0.25) is 4.79 Å². The van der Waals surface area contributed by atoms with Crippen LogP contribution in [-0.2, 0) is 9.22 Å². The molecule has 0 aromatic rings. The van der Waals surface area contributed by atoms with Crippen LogP contribution in [0.5, 0.6) is 0 Å². The van der Waals surface area contributed by atoms with Crippen LogP contribution in [-0.4, -0.2) is 26.0 Å². The fraction of sp³-hybridized carbons (Fsp3) is 0.941. The van der Waals surface area contributed by atoms with Gasteiger partial charge in [0, 0.05) is 6.61 Å². The van der Waals surface area contributed by atoms with Gasteiger partial charge in [-0.05, 0) is 37.9 Å². The van der Waals surface area contributed by atoms with E-state index < -0.39 is 14.3 Å². The molecule has 4 heteroatoms. The molecule has 1 N–H and O–H groups in total. The highest BCUT2D eigenvalue weighted by Gasteiger charge is 2.26. The van der Waals surface area contributed by atoms with Crippen molar-refractivity contribution in [1.29, 1.82) is 0 Å². The summed E-state index contributed by atoms with van der Waals surface area (Å²) in [4.78, 5) is 11.5. The van der Waals surface area contributed by atoms with E-state index in [2.05, 4.69) is 20.0 Å². The van der Waals surface area contributed by atoms with Gasteiger partial charge in [-0.2, -0.15) is 0 Å². The summed E-state index contributed by atoms with van der Waals surface area (Å²) in [6, 6.07) is 1.18. The molecule has 1 unspecified atom stereocenters. The van der Waals surface area contributed by atoms with E-state index in [0.717, 1.165) is 6.42 Å². The predicted molar refractivity (Wildman–Crippen MR) is 90.1 cm³/mol. The summed E-state index contributed by atoms with van der Waals surface area (Å²) in [6.07, 6.45) is 10.3. The highest BCUT2D eigenvalue weighted by atomic mass is 28.4. The zero-order chi connectivity index (χ0) is 15.7. The maximum absolute atomic E-state index is 11.5. The average Bonchev–Trinajstić information content (AvgIpc) is 2.45. The van der Waals surface area contributed by atoms with Crippen molar-refractivity contribution in [3.8, 4) is 0 Å². The van der Waals surface area contributed by atoms with Crippen molar-refractivity contribution in [2.45, 2.75) is 83.8 Å². The minimum atomic E-state index is -1.57. The smallest absolute Gasteiger partial charge is 0.306 e. The molecule has 0 aromatic carbocycles. The lowest BCUT2D eigenvalue weighted by atomic mass is 9.82. The Kier molecular flexibility index (Phi) is 8.56. The third kappa shape index (κ3) is 8.00.